The molecule has 16 heavy (non-hydrogen) atoms. The Morgan fingerprint density at radius 3 is 2.38 bits per heavy atom. The van der Waals surface area contributed by atoms with Crippen LogP contribution in [-0.4, -0.2) is 12.8 Å². The van der Waals surface area contributed by atoms with Gasteiger partial charge in [0.2, 0.25) is 0 Å². The lowest BCUT2D eigenvalue weighted by Crippen LogP contribution is -2.13. The van der Waals surface area contributed by atoms with Crippen LogP contribution in [0.15, 0.2) is 18.2 Å². The molecule has 0 aliphatic carbocycles. The minimum Gasteiger partial charge on any atom is -0.388 e. The molecule has 0 aliphatic rings. The van der Waals surface area contributed by atoms with Crippen molar-refractivity contribution in [2.75, 3.05) is 12.4 Å². The summed E-state index contributed by atoms with van der Waals surface area (Å²) >= 11 is 0. The quantitative estimate of drug-likeness (QED) is 0.744. The second kappa shape index (κ2) is 4.69. The molecule has 2 nitrogen and oxygen atoms in total. The van der Waals surface area contributed by atoms with Gasteiger partial charge in [-0.2, -0.15) is 0 Å². The zero-order valence-corrected chi connectivity index (χ0v) is 10.9. The molecule has 1 rings (SSSR count). The van der Waals surface area contributed by atoms with Gasteiger partial charge < -0.3 is 10.7 Å². The lowest BCUT2D eigenvalue weighted by atomic mass is 9.85. The van der Waals surface area contributed by atoms with E-state index in [0.29, 0.717) is 5.71 Å². The Kier molecular flexibility index (Phi) is 3.74. The molecule has 0 saturated carbocycles. The number of rotatable bonds is 3. The van der Waals surface area contributed by atoms with Gasteiger partial charge in [0, 0.05) is 24.0 Å². The molecule has 0 amide bonds. The number of hydrogen-bond donors (Lipinski definition) is 2. The fourth-order valence-electron chi connectivity index (χ4n) is 1.67. The molecular weight excluding hydrogens is 196 g/mol. The third kappa shape index (κ3) is 2.63. The van der Waals surface area contributed by atoms with Gasteiger partial charge in [0.25, 0.3) is 0 Å². The van der Waals surface area contributed by atoms with Crippen LogP contribution in [0.1, 0.15) is 45.2 Å². The van der Waals surface area contributed by atoms with Gasteiger partial charge in [0.1, 0.15) is 0 Å². The third-order valence-electron chi connectivity index (χ3n) is 2.83. The summed E-state index contributed by atoms with van der Waals surface area (Å²) in [5.41, 5.74) is 4.20. The van der Waals surface area contributed by atoms with E-state index in [2.05, 4.69) is 44.3 Å². The Balaban J connectivity index is 3.22. The predicted molar refractivity (Wildman–Crippen MR) is 71.8 cm³/mol. The van der Waals surface area contributed by atoms with Gasteiger partial charge in [-0.05, 0) is 23.5 Å². The molecule has 1 aromatic carbocycles. The molecule has 2 heteroatoms. The topological polar surface area (TPSA) is 35.9 Å². The van der Waals surface area contributed by atoms with Gasteiger partial charge in [-0.3, -0.25) is 0 Å². The van der Waals surface area contributed by atoms with Gasteiger partial charge in [-0.25, -0.2) is 0 Å². The maximum atomic E-state index is 7.91. The average Bonchev–Trinajstić information content (AvgIpc) is 2.26. The summed E-state index contributed by atoms with van der Waals surface area (Å²) in [6, 6.07) is 6.33. The molecule has 88 valence electrons. The summed E-state index contributed by atoms with van der Waals surface area (Å²) in [5, 5.41) is 11.1. The van der Waals surface area contributed by atoms with Crippen LogP contribution < -0.4 is 5.32 Å². The zero-order valence-electron chi connectivity index (χ0n) is 10.9. The first kappa shape index (κ1) is 12.8. The van der Waals surface area contributed by atoms with Crippen LogP contribution in [-0.2, 0) is 5.41 Å². The lowest BCUT2D eigenvalue weighted by molar-refractivity contribution is 0.590. The summed E-state index contributed by atoms with van der Waals surface area (Å²) in [6.07, 6.45) is 0.767. The van der Waals surface area contributed by atoms with E-state index in [1.807, 2.05) is 14.0 Å². The van der Waals surface area contributed by atoms with Crippen molar-refractivity contribution in [1.82, 2.24) is 0 Å². The van der Waals surface area contributed by atoms with E-state index in [1.165, 1.54) is 5.56 Å². The van der Waals surface area contributed by atoms with Crippen molar-refractivity contribution in [1.29, 1.82) is 5.41 Å². The molecule has 0 unspecified atom stereocenters. The minimum atomic E-state index is 0.151. The standard InChI is InChI=1S/C14H22N2/c1-6-12(15)11-8-7-10(14(2,3)4)9-13(11)16-5/h7-9,15-16H,6H2,1-5H3. The second-order valence-electron chi connectivity index (χ2n) is 5.09. The van der Waals surface area contributed by atoms with Crippen LogP contribution in [0.4, 0.5) is 5.69 Å². The van der Waals surface area contributed by atoms with Crippen molar-refractivity contribution in [2.45, 2.75) is 39.5 Å². The Hall–Kier alpha value is -1.31. The monoisotopic (exact) mass is 218 g/mol. The summed E-state index contributed by atoms with van der Waals surface area (Å²) in [6.45, 7) is 8.62. The Bertz CT molecular complexity index is 386. The van der Waals surface area contributed by atoms with Gasteiger partial charge in [0.05, 0.1) is 0 Å². The van der Waals surface area contributed by atoms with Crippen molar-refractivity contribution in [3.05, 3.63) is 29.3 Å². The Morgan fingerprint density at radius 1 is 1.31 bits per heavy atom. The molecule has 2 N–H and O–H groups in total. The Morgan fingerprint density at radius 2 is 1.94 bits per heavy atom. The highest BCUT2D eigenvalue weighted by molar-refractivity contribution is 6.02. The number of anilines is 1. The van der Waals surface area contributed by atoms with E-state index in [1.54, 1.807) is 0 Å². The zero-order chi connectivity index (χ0) is 12.3. The molecule has 0 aliphatic heterocycles. The maximum Gasteiger partial charge on any atom is 0.0432 e. The normalized spacial score (nSPS) is 11.3. The van der Waals surface area contributed by atoms with Crippen LogP contribution in [0, 0.1) is 5.41 Å². The third-order valence-corrected chi connectivity index (χ3v) is 2.83. The first-order chi connectivity index (χ1) is 7.40. The van der Waals surface area contributed by atoms with Crippen LogP contribution in [0.5, 0.6) is 0 Å². The molecule has 0 spiro atoms. The molecule has 0 bridgehead atoms. The highest BCUT2D eigenvalue weighted by Crippen LogP contribution is 2.27. The first-order valence-corrected chi connectivity index (χ1v) is 5.80. The van der Waals surface area contributed by atoms with Crippen LogP contribution in [0.2, 0.25) is 0 Å². The highest BCUT2D eigenvalue weighted by Gasteiger charge is 2.15. The van der Waals surface area contributed by atoms with Crippen molar-refractivity contribution in [3.8, 4) is 0 Å². The SMILES string of the molecule is CCC(=N)c1ccc(C(C)(C)C)cc1NC. The predicted octanol–water partition coefficient (Wildman–Crippen LogP) is 3.80. The second-order valence-corrected chi connectivity index (χ2v) is 5.09. The molecule has 0 aromatic heterocycles. The fourth-order valence-corrected chi connectivity index (χ4v) is 1.67. The van der Waals surface area contributed by atoms with Crippen molar-refractivity contribution in [2.24, 2.45) is 0 Å². The maximum absolute atomic E-state index is 7.91. The van der Waals surface area contributed by atoms with Crippen LogP contribution >= 0.6 is 0 Å². The molecule has 0 saturated heterocycles. The summed E-state index contributed by atoms with van der Waals surface area (Å²) < 4.78 is 0. The first-order valence-electron chi connectivity index (χ1n) is 5.80. The van der Waals surface area contributed by atoms with Crippen LogP contribution in [0.25, 0.3) is 0 Å². The van der Waals surface area contributed by atoms with Gasteiger partial charge >= 0.3 is 0 Å². The van der Waals surface area contributed by atoms with Gasteiger partial charge in [-0.1, -0.05) is 39.8 Å². The molecular formula is C14H22N2. The summed E-state index contributed by atoms with van der Waals surface area (Å²) in [5.74, 6) is 0. The summed E-state index contributed by atoms with van der Waals surface area (Å²) in [7, 11) is 1.91. The number of benzene rings is 1. The molecule has 0 radical (unpaired) electrons. The van der Waals surface area contributed by atoms with E-state index in [-0.39, 0.29) is 5.41 Å². The largest absolute Gasteiger partial charge is 0.388 e. The van der Waals surface area contributed by atoms with E-state index in [9.17, 15) is 0 Å². The van der Waals surface area contributed by atoms with Crippen molar-refractivity contribution < 1.29 is 0 Å². The number of hydrogen-bond acceptors (Lipinski definition) is 2. The van der Waals surface area contributed by atoms with E-state index in [4.69, 9.17) is 5.41 Å². The van der Waals surface area contributed by atoms with Gasteiger partial charge in [0.15, 0.2) is 0 Å². The average molecular weight is 218 g/mol. The molecule has 0 fully saturated rings. The number of nitrogens with one attached hydrogen (secondary N) is 2. The van der Waals surface area contributed by atoms with E-state index in [0.717, 1.165) is 17.7 Å². The van der Waals surface area contributed by atoms with E-state index < -0.39 is 0 Å². The van der Waals surface area contributed by atoms with E-state index >= 15 is 0 Å². The minimum absolute atomic E-state index is 0.151. The highest BCUT2D eigenvalue weighted by atomic mass is 14.8. The fraction of sp³-hybridized carbons (Fsp3) is 0.500. The lowest BCUT2D eigenvalue weighted by Gasteiger charge is -2.21. The smallest absolute Gasteiger partial charge is 0.0432 e. The molecule has 0 heterocycles. The van der Waals surface area contributed by atoms with Crippen LogP contribution in [0.3, 0.4) is 0 Å². The van der Waals surface area contributed by atoms with Gasteiger partial charge in [-0.15, -0.1) is 0 Å². The van der Waals surface area contributed by atoms with Crippen molar-refractivity contribution in [3.63, 3.8) is 0 Å². The summed E-state index contributed by atoms with van der Waals surface area (Å²) in [4.78, 5) is 0. The molecule has 0 atom stereocenters. The van der Waals surface area contributed by atoms with Crippen molar-refractivity contribution >= 4 is 11.4 Å². The molecule has 1 aromatic rings. The Labute approximate surface area is 98.6 Å².